The van der Waals surface area contributed by atoms with Crippen molar-refractivity contribution in [3.63, 3.8) is 0 Å². The average molecular weight is 1020 g/mol. The van der Waals surface area contributed by atoms with Gasteiger partial charge >= 0.3 is 0 Å². The summed E-state index contributed by atoms with van der Waals surface area (Å²) in [5.74, 6) is 1.88. The van der Waals surface area contributed by atoms with E-state index in [2.05, 4.69) is 179 Å². The van der Waals surface area contributed by atoms with Crippen LogP contribution in [0.2, 0.25) is 0 Å². The fourth-order valence-corrected chi connectivity index (χ4v) is 12.1. The lowest BCUT2D eigenvalue weighted by atomic mass is 10.0. The summed E-state index contributed by atoms with van der Waals surface area (Å²) in [6.07, 6.45) is 0. The second-order valence-electron chi connectivity index (χ2n) is 20.6. The number of fused-ring (bicyclic) bond motifs is 13. The van der Waals surface area contributed by atoms with Gasteiger partial charge in [-0.1, -0.05) is 152 Å². The predicted molar refractivity (Wildman–Crippen MR) is 326 cm³/mol. The van der Waals surface area contributed by atoms with Crippen LogP contribution >= 0.6 is 0 Å². The first-order valence-electron chi connectivity index (χ1n) is 26.8. The monoisotopic (exact) mass is 1020 g/mol. The second kappa shape index (κ2) is 17.3. The minimum absolute atomic E-state index is 0.616. The number of hydrogen-bond donors (Lipinski definition) is 0. The first-order chi connectivity index (χ1) is 39.6. The first-order valence-corrected chi connectivity index (χ1v) is 26.8. The second-order valence-corrected chi connectivity index (χ2v) is 20.6. The molecular formula is C72H42N6O2. The van der Waals surface area contributed by atoms with E-state index < -0.39 is 0 Å². The number of hydrogen-bond acceptors (Lipinski definition) is 6. The summed E-state index contributed by atoms with van der Waals surface area (Å²) in [6.45, 7) is 0. The average Bonchev–Trinajstić information content (AvgIpc) is 4.46. The van der Waals surface area contributed by atoms with Crippen molar-refractivity contribution < 1.29 is 8.83 Å². The lowest BCUT2D eigenvalue weighted by Gasteiger charge is -2.14. The van der Waals surface area contributed by atoms with Gasteiger partial charge in [-0.2, -0.15) is 0 Å². The molecule has 0 N–H and O–H groups in total. The smallest absolute Gasteiger partial charge is 0.164 e. The number of para-hydroxylation sites is 4. The summed E-state index contributed by atoms with van der Waals surface area (Å²) in [7, 11) is 0. The predicted octanol–water partition coefficient (Wildman–Crippen LogP) is 18.7. The molecule has 0 amide bonds. The van der Waals surface area contributed by atoms with Crippen molar-refractivity contribution in [2.24, 2.45) is 0 Å². The van der Waals surface area contributed by atoms with Crippen LogP contribution in [0.3, 0.4) is 0 Å². The van der Waals surface area contributed by atoms with Crippen LogP contribution < -0.4 is 0 Å². The van der Waals surface area contributed by atoms with Gasteiger partial charge in [-0.05, 0) is 114 Å². The largest absolute Gasteiger partial charge is 0.456 e. The molecule has 0 atom stereocenters. The van der Waals surface area contributed by atoms with Gasteiger partial charge in [0.1, 0.15) is 22.3 Å². The summed E-state index contributed by atoms with van der Waals surface area (Å²) in [5.41, 5.74) is 16.3. The maximum Gasteiger partial charge on any atom is 0.164 e. The van der Waals surface area contributed by atoms with Gasteiger partial charge in [0.15, 0.2) is 17.5 Å². The summed E-state index contributed by atoms with van der Waals surface area (Å²) in [6, 6.07) is 89.5. The molecule has 17 rings (SSSR count). The highest BCUT2D eigenvalue weighted by atomic mass is 16.3. The molecule has 0 fully saturated rings. The van der Waals surface area contributed by atoms with Crippen molar-refractivity contribution in [3.05, 3.63) is 255 Å². The molecule has 0 spiro atoms. The molecule has 11 aromatic carbocycles. The van der Waals surface area contributed by atoms with E-state index in [0.717, 1.165) is 127 Å². The molecule has 8 nitrogen and oxygen atoms in total. The molecule has 0 unspecified atom stereocenters. The highest BCUT2D eigenvalue weighted by Gasteiger charge is 2.22. The molecule has 0 saturated carbocycles. The van der Waals surface area contributed by atoms with Gasteiger partial charge in [-0.15, -0.1) is 0 Å². The van der Waals surface area contributed by atoms with Gasteiger partial charge in [0, 0.05) is 76.6 Å². The summed E-state index contributed by atoms with van der Waals surface area (Å²) >= 11 is 0. The van der Waals surface area contributed by atoms with E-state index in [-0.39, 0.29) is 0 Å². The lowest BCUT2D eigenvalue weighted by molar-refractivity contribution is 0.668. The number of benzene rings is 11. The molecule has 0 bridgehead atoms. The third-order valence-corrected chi connectivity index (χ3v) is 15.9. The SMILES string of the molecule is c1ccc(-c2nc(-c3ccccc3)nc(-c3ccc4ccc(-n5c6ccccc6c6cc7c8ccccc8n(-c8cc(-c9ccc%10oc%11ccccc%11c%10c9)nc(-c9ccc%10oc%11ccccc%11c%10c9)c8)c7cc65)cc4c3)n2)cc1. The van der Waals surface area contributed by atoms with E-state index in [4.69, 9.17) is 28.8 Å². The summed E-state index contributed by atoms with van der Waals surface area (Å²) < 4.78 is 17.5. The molecular weight excluding hydrogens is 981 g/mol. The normalized spacial score (nSPS) is 12.0. The van der Waals surface area contributed by atoms with E-state index in [1.165, 1.54) is 21.5 Å². The zero-order chi connectivity index (χ0) is 52.4. The van der Waals surface area contributed by atoms with Crippen LogP contribution in [0.15, 0.2) is 264 Å². The Morgan fingerprint density at radius 2 is 0.688 bits per heavy atom. The van der Waals surface area contributed by atoms with Crippen LogP contribution in [0, 0.1) is 0 Å². The zero-order valence-corrected chi connectivity index (χ0v) is 42.7. The van der Waals surface area contributed by atoms with E-state index >= 15 is 0 Å². The Kier molecular flexibility index (Phi) is 9.54. The highest BCUT2D eigenvalue weighted by Crippen LogP contribution is 2.43. The molecule has 0 aliphatic rings. The molecule has 0 saturated heterocycles. The van der Waals surface area contributed by atoms with Crippen LogP contribution in [0.1, 0.15) is 0 Å². The van der Waals surface area contributed by atoms with Crippen molar-refractivity contribution in [3.8, 4) is 68.1 Å². The van der Waals surface area contributed by atoms with Crippen LogP contribution in [0.5, 0.6) is 0 Å². The minimum atomic E-state index is 0.616. The van der Waals surface area contributed by atoms with Gasteiger partial charge in [0.2, 0.25) is 0 Å². The topological polar surface area (TPSA) is 87.7 Å². The Morgan fingerprint density at radius 1 is 0.237 bits per heavy atom. The maximum absolute atomic E-state index is 6.32. The Labute approximate surface area is 456 Å². The van der Waals surface area contributed by atoms with Crippen molar-refractivity contribution in [1.82, 2.24) is 29.1 Å². The first kappa shape index (κ1) is 44.2. The van der Waals surface area contributed by atoms with Gasteiger partial charge < -0.3 is 18.0 Å². The maximum atomic E-state index is 6.32. The molecule has 17 aromatic rings. The molecule has 0 aliphatic carbocycles. The van der Waals surface area contributed by atoms with Gasteiger partial charge in [0.05, 0.1) is 39.1 Å². The molecule has 372 valence electrons. The third-order valence-electron chi connectivity index (χ3n) is 15.9. The van der Waals surface area contributed by atoms with Crippen LogP contribution in [0.4, 0.5) is 0 Å². The zero-order valence-electron chi connectivity index (χ0n) is 42.7. The minimum Gasteiger partial charge on any atom is -0.456 e. The fraction of sp³-hybridized carbons (Fsp3) is 0. The van der Waals surface area contributed by atoms with E-state index in [1.807, 2.05) is 84.9 Å². The summed E-state index contributed by atoms with van der Waals surface area (Å²) in [4.78, 5) is 20.6. The van der Waals surface area contributed by atoms with E-state index in [9.17, 15) is 0 Å². The van der Waals surface area contributed by atoms with E-state index in [1.54, 1.807) is 0 Å². The lowest BCUT2D eigenvalue weighted by Crippen LogP contribution is -2.00. The number of pyridine rings is 1. The molecule has 0 radical (unpaired) electrons. The fourth-order valence-electron chi connectivity index (χ4n) is 12.1. The number of rotatable bonds is 7. The highest BCUT2D eigenvalue weighted by molar-refractivity contribution is 6.19. The Morgan fingerprint density at radius 3 is 1.25 bits per heavy atom. The molecule has 0 aliphatic heterocycles. The van der Waals surface area contributed by atoms with E-state index in [0.29, 0.717) is 17.5 Å². The van der Waals surface area contributed by atoms with Crippen LogP contribution in [-0.2, 0) is 0 Å². The third kappa shape index (κ3) is 6.95. The van der Waals surface area contributed by atoms with Crippen molar-refractivity contribution in [2.75, 3.05) is 0 Å². The quantitative estimate of drug-likeness (QED) is 0.158. The summed E-state index contributed by atoms with van der Waals surface area (Å²) in [5, 5.41) is 11.1. The standard InChI is InChI=1S/C72H42N6O2/c1-3-15-44(16-4-1)70-74-71(45-17-5-2-6-18-45)76-72(75-70)48-28-27-43-29-32-50(36-49(43)35-48)77-62-23-11-7-19-52(62)56-41-57-53-20-8-12-24-63(53)78(65(57)42-64(56)77)51-39-60(46-30-33-68-58(37-46)54-21-9-13-25-66(54)79-68)73-61(40-51)47-31-34-69-59(38-47)55-22-10-14-26-67(55)80-69/h1-42H. The molecule has 80 heavy (non-hydrogen) atoms. The Balaban J connectivity index is 0.874. The number of nitrogens with zero attached hydrogens (tertiary/aromatic N) is 6. The Hall–Kier alpha value is -11.0. The van der Waals surface area contributed by atoms with Crippen LogP contribution in [0.25, 0.3) is 166 Å². The van der Waals surface area contributed by atoms with Gasteiger partial charge in [0.25, 0.3) is 0 Å². The molecule has 8 heteroatoms. The number of aromatic nitrogens is 6. The van der Waals surface area contributed by atoms with Crippen LogP contribution in [-0.4, -0.2) is 29.1 Å². The van der Waals surface area contributed by atoms with Gasteiger partial charge in [-0.25, -0.2) is 19.9 Å². The van der Waals surface area contributed by atoms with Crippen molar-refractivity contribution in [2.45, 2.75) is 0 Å². The Bertz CT molecular complexity index is 5190. The molecule has 6 heterocycles. The van der Waals surface area contributed by atoms with Crippen molar-refractivity contribution >= 4 is 98.3 Å². The van der Waals surface area contributed by atoms with Gasteiger partial charge in [-0.3, -0.25) is 0 Å². The molecule has 6 aromatic heterocycles. The van der Waals surface area contributed by atoms with Crippen molar-refractivity contribution in [1.29, 1.82) is 0 Å². The number of furan rings is 2.